The van der Waals surface area contributed by atoms with Crippen LogP contribution >= 0.6 is 0 Å². The summed E-state index contributed by atoms with van der Waals surface area (Å²) in [6.07, 6.45) is 5.12. The molecular weight excluding hydrogens is 443 g/mol. The van der Waals surface area contributed by atoms with Crippen molar-refractivity contribution in [3.05, 3.63) is 109 Å². The van der Waals surface area contributed by atoms with E-state index in [0.29, 0.717) is 5.69 Å². The Bertz CT molecular complexity index is 1330. The van der Waals surface area contributed by atoms with Crippen molar-refractivity contribution < 1.29 is 17.6 Å². The number of sulfonamides is 1. The van der Waals surface area contributed by atoms with Crippen molar-refractivity contribution in [3.8, 4) is 5.69 Å². The van der Waals surface area contributed by atoms with E-state index in [1.807, 2.05) is 28.8 Å². The number of halogens is 1. The standard InChI is InChI=1S/C24H21FN4O3S/c25-20-10-12-22(13-11-20)33(31,32)29(21-7-2-1-3-8-21)17-24(30)27-16-19-6-4-5-9-23(19)28-15-14-26-18-28/h1-15,18H,16-17H2,(H,27,30). The van der Waals surface area contributed by atoms with Crippen LogP contribution in [0.5, 0.6) is 0 Å². The van der Waals surface area contributed by atoms with Crippen LogP contribution in [-0.4, -0.2) is 30.4 Å². The minimum atomic E-state index is -4.10. The number of carbonyl (C=O) groups is 1. The quantitative estimate of drug-likeness (QED) is 0.432. The number of nitrogens with one attached hydrogen (secondary N) is 1. The number of hydrogen-bond acceptors (Lipinski definition) is 4. The average molecular weight is 465 g/mol. The molecule has 1 amide bonds. The Morgan fingerprint density at radius 2 is 1.67 bits per heavy atom. The van der Waals surface area contributed by atoms with Gasteiger partial charge < -0.3 is 9.88 Å². The van der Waals surface area contributed by atoms with E-state index >= 15 is 0 Å². The number of carbonyl (C=O) groups excluding carboxylic acids is 1. The van der Waals surface area contributed by atoms with Gasteiger partial charge >= 0.3 is 0 Å². The normalized spacial score (nSPS) is 11.2. The van der Waals surface area contributed by atoms with Crippen LogP contribution in [0, 0.1) is 5.82 Å². The maximum Gasteiger partial charge on any atom is 0.264 e. The first-order chi connectivity index (χ1) is 15.9. The van der Waals surface area contributed by atoms with E-state index in [9.17, 15) is 17.6 Å². The largest absolute Gasteiger partial charge is 0.350 e. The van der Waals surface area contributed by atoms with Crippen LogP contribution in [0.25, 0.3) is 5.69 Å². The third kappa shape index (κ3) is 5.09. The van der Waals surface area contributed by atoms with Gasteiger partial charge in [0.25, 0.3) is 10.0 Å². The number of imidazole rings is 1. The third-order valence-electron chi connectivity index (χ3n) is 4.98. The highest BCUT2D eigenvalue weighted by Gasteiger charge is 2.27. The Balaban J connectivity index is 1.55. The summed E-state index contributed by atoms with van der Waals surface area (Å²) in [5, 5.41) is 2.80. The molecule has 0 aliphatic rings. The second-order valence-corrected chi connectivity index (χ2v) is 9.04. The van der Waals surface area contributed by atoms with Crippen molar-refractivity contribution in [2.75, 3.05) is 10.8 Å². The second kappa shape index (κ2) is 9.66. The van der Waals surface area contributed by atoms with Crippen LogP contribution in [0.1, 0.15) is 5.56 Å². The Kier molecular flexibility index (Phi) is 6.50. The number of anilines is 1. The lowest BCUT2D eigenvalue weighted by Crippen LogP contribution is -2.40. The average Bonchev–Trinajstić information content (AvgIpc) is 3.37. The van der Waals surface area contributed by atoms with Crippen molar-refractivity contribution >= 4 is 21.6 Å². The molecule has 3 aromatic carbocycles. The summed E-state index contributed by atoms with van der Waals surface area (Å²) in [6, 6.07) is 20.3. The number of amides is 1. The number of nitrogens with zero attached hydrogens (tertiary/aromatic N) is 3. The Hall–Kier alpha value is -3.98. The minimum Gasteiger partial charge on any atom is -0.350 e. The first kappa shape index (κ1) is 22.2. The fourth-order valence-corrected chi connectivity index (χ4v) is 4.76. The minimum absolute atomic E-state index is 0.106. The van der Waals surface area contributed by atoms with Crippen LogP contribution in [0.15, 0.2) is 102 Å². The van der Waals surface area contributed by atoms with E-state index in [0.717, 1.165) is 27.7 Å². The van der Waals surface area contributed by atoms with Gasteiger partial charge in [0, 0.05) is 18.9 Å². The van der Waals surface area contributed by atoms with Gasteiger partial charge in [-0.15, -0.1) is 0 Å². The van der Waals surface area contributed by atoms with E-state index in [2.05, 4.69) is 10.3 Å². The third-order valence-corrected chi connectivity index (χ3v) is 6.77. The first-order valence-electron chi connectivity index (χ1n) is 10.1. The molecule has 1 N–H and O–H groups in total. The lowest BCUT2D eigenvalue weighted by atomic mass is 10.1. The van der Waals surface area contributed by atoms with E-state index in [4.69, 9.17) is 0 Å². The van der Waals surface area contributed by atoms with Crippen molar-refractivity contribution in [1.29, 1.82) is 0 Å². The number of benzene rings is 3. The molecule has 0 aliphatic carbocycles. The SMILES string of the molecule is O=C(CN(c1ccccc1)S(=O)(=O)c1ccc(F)cc1)NCc1ccccc1-n1ccnc1. The van der Waals surface area contributed by atoms with Crippen LogP contribution < -0.4 is 9.62 Å². The van der Waals surface area contributed by atoms with Gasteiger partial charge in [-0.05, 0) is 48.0 Å². The number of para-hydroxylation sites is 2. The van der Waals surface area contributed by atoms with Gasteiger partial charge in [0.1, 0.15) is 12.4 Å². The molecule has 0 aliphatic heterocycles. The zero-order chi connectivity index (χ0) is 23.3. The fourth-order valence-electron chi connectivity index (χ4n) is 3.34. The smallest absolute Gasteiger partial charge is 0.264 e. The van der Waals surface area contributed by atoms with Gasteiger partial charge in [-0.2, -0.15) is 0 Å². The number of hydrogen-bond donors (Lipinski definition) is 1. The summed E-state index contributed by atoms with van der Waals surface area (Å²) < 4.78 is 42.7. The Labute approximate surface area is 191 Å². The summed E-state index contributed by atoms with van der Waals surface area (Å²) >= 11 is 0. The molecular formula is C24H21FN4O3S. The molecule has 4 rings (SSSR count). The predicted molar refractivity (Wildman–Crippen MR) is 123 cm³/mol. The van der Waals surface area contributed by atoms with Crippen LogP contribution in [-0.2, 0) is 21.4 Å². The number of rotatable bonds is 8. The summed E-state index contributed by atoms with van der Waals surface area (Å²) in [6.45, 7) is -0.233. The molecule has 0 bridgehead atoms. The highest BCUT2D eigenvalue weighted by molar-refractivity contribution is 7.92. The molecule has 1 aromatic heterocycles. The Morgan fingerprint density at radius 3 is 2.36 bits per heavy atom. The van der Waals surface area contributed by atoms with Crippen molar-refractivity contribution in [2.45, 2.75) is 11.4 Å². The van der Waals surface area contributed by atoms with Gasteiger partial charge in [0.05, 0.1) is 22.6 Å². The van der Waals surface area contributed by atoms with E-state index in [-0.39, 0.29) is 11.4 Å². The molecule has 0 saturated carbocycles. The molecule has 0 spiro atoms. The van der Waals surface area contributed by atoms with Gasteiger partial charge in [0.15, 0.2) is 0 Å². The molecule has 0 fully saturated rings. The van der Waals surface area contributed by atoms with Crippen molar-refractivity contribution in [3.63, 3.8) is 0 Å². The molecule has 1 heterocycles. The maximum atomic E-state index is 13.3. The predicted octanol–water partition coefficient (Wildman–Crippen LogP) is 3.52. The van der Waals surface area contributed by atoms with E-state index < -0.39 is 28.3 Å². The van der Waals surface area contributed by atoms with Gasteiger partial charge in [-0.1, -0.05) is 36.4 Å². The Morgan fingerprint density at radius 1 is 0.970 bits per heavy atom. The zero-order valence-electron chi connectivity index (χ0n) is 17.5. The molecule has 168 valence electrons. The molecule has 7 nitrogen and oxygen atoms in total. The van der Waals surface area contributed by atoms with Crippen molar-refractivity contribution in [1.82, 2.24) is 14.9 Å². The molecule has 0 radical (unpaired) electrons. The van der Waals surface area contributed by atoms with Crippen LogP contribution in [0.4, 0.5) is 10.1 Å². The summed E-state index contributed by atoms with van der Waals surface area (Å²) in [7, 11) is -4.10. The summed E-state index contributed by atoms with van der Waals surface area (Å²) in [4.78, 5) is 16.8. The van der Waals surface area contributed by atoms with E-state index in [1.165, 1.54) is 12.1 Å². The van der Waals surface area contributed by atoms with Gasteiger partial charge in [-0.25, -0.2) is 17.8 Å². The molecule has 0 atom stereocenters. The fraction of sp³-hybridized carbons (Fsp3) is 0.0833. The molecule has 0 unspecified atom stereocenters. The number of aromatic nitrogens is 2. The van der Waals surface area contributed by atoms with Crippen LogP contribution in [0.2, 0.25) is 0 Å². The maximum absolute atomic E-state index is 13.3. The van der Waals surface area contributed by atoms with Gasteiger partial charge in [0.2, 0.25) is 5.91 Å². The van der Waals surface area contributed by atoms with E-state index in [1.54, 1.807) is 49.1 Å². The lowest BCUT2D eigenvalue weighted by molar-refractivity contribution is -0.119. The topological polar surface area (TPSA) is 84.3 Å². The summed E-state index contributed by atoms with van der Waals surface area (Å²) in [5.41, 5.74) is 2.03. The van der Waals surface area contributed by atoms with Crippen LogP contribution in [0.3, 0.4) is 0 Å². The molecule has 4 aromatic rings. The highest BCUT2D eigenvalue weighted by atomic mass is 32.2. The first-order valence-corrected chi connectivity index (χ1v) is 11.6. The monoisotopic (exact) mass is 464 g/mol. The molecule has 0 saturated heterocycles. The highest BCUT2D eigenvalue weighted by Crippen LogP contribution is 2.23. The zero-order valence-corrected chi connectivity index (χ0v) is 18.3. The van der Waals surface area contributed by atoms with Crippen molar-refractivity contribution in [2.24, 2.45) is 0 Å². The lowest BCUT2D eigenvalue weighted by Gasteiger charge is -2.24. The molecule has 33 heavy (non-hydrogen) atoms. The molecule has 9 heteroatoms. The summed E-state index contributed by atoms with van der Waals surface area (Å²) in [5.74, 6) is -1.03. The second-order valence-electron chi connectivity index (χ2n) is 7.18. The van der Waals surface area contributed by atoms with Gasteiger partial charge in [-0.3, -0.25) is 9.10 Å².